The number of aryl methyl sites for hydroxylation is 1. The first-order valence-electron chi connectivity index (χ1n) is 5.49. The Hall–Kier alpha value is -1.31. The van der Waals surface area contributed by atoms with Crippen LogP contribution >= 0.6 is 0 Å². The fourth-order valence-corrected chi connectivity index (χ4v) is 2.04. The van der Waals surface area contributed by atoms with E-state index in [1.807, 2.05) is 7.05 Å². The van der Waals surface area contributed by atoms with Crippen LogP contribution in [0.1, 0.15) is 37.3 Å². The summed E-state index contributed by atoms with van der Waals surface area (Å²) in [6, 6.07) is 6.43. The van der Waals surface area contributed by atoms with E-state index >= 15 is 0 Å². The Morgan fingerprint density at radius 3 is 2.67 bits per heavy atom. The third-order valence-electron chi connectivity index (χ3n) is 3.11. The van der Waals surface area contributed by atoms with E-state index in [1.54, 1.807) is 4.90 Å². The third-order valence-corrected chi connectivity index (χ3v) is 3.11. The summed E-state index contributed by atoms with van der Waals surface area (Å²) >= 11 is 0. The normalized spacial score (nSPS) is 15.7. The molecule has 0 aromatic heterocycles. The smallest absolute Gasteiger partial charge is 0.227 e. The van der Waals surface area contributed by atoms with Crippen molar-refractivity contribution in [3.63, 3.8) is 0 Å². The molecule has 2 nitrogen and oxygen atoms in total. The average Bonchev–Trinajstić information content (AvgIpc) is 2.23. The Morgan fingerprint density at radius 1 is 1.27 bits per heavy atom. The van der Waals surface area contributed by atoms with Crippen LogP contribution in [0.15, 0.2) is 18.2 Å². The molecule has 0 unspecified atom stereocenters. The van der Waals surface area contributed by atoms with Crippen LogP contribution in [0.3, 0.4) is 0 Å². The highest BCUT2D eigenvalue weighted by molar-refractivity contribution is 5.95. The fraction of sp³-hybridized carbons (Fsp3) is 0.462. The highest BCUT2D eigenvalue weighted by atomic mass is 16.2. The molecule has 0 N–H and O–H groups in total. The lowest BCUT2D eigenvalue weighted by Gasteiger charge is -2.26. The second-order valence-electron chi connectivity index (χ2n) is 4.50. The summed E-state index contributed by atoms with van der Waals surface area (Å²) in [5.74, 6) is 0.776. The third kappa shape index (κ3) is 1.76. The van der Waals surface area contributed by atoms with Gasteiger partial charge >= 0.3 is 0 Å². The number of amides is 1. The van der Waals surface area contributed by atoms with Gasteiger partial charge in [-0.05, 0) is 29.5 Å². The highest BCUT2D eigenvalue weighted by Crippen LogP contribution is 2.29. The monoisotopic (exact) mass is 203 g/mol. The molecule has 2 heteroatoms. The summed E-state index contributed by atoms with van der Waals surface area (Å²) in [4.78, 5) is 13.3. The van der Waals surface area contributed by atoms with E-state index < -0.39 is 0 Å². The Bertz CT molecular complexity index is 396. The number of fused-ring (bicyclic) bond motifs is 1. The van der Waals surface area contributed by atoms with Crippen LogP contribution in [0.25, 0.3) is 0 Å². The Kier molecular flexibility index (Phi) is 2.51. The van der Waals surface area contributed by atoms with Crippen LogP contribution in [0.4, 0.5) is 5.69 Å². The summed E-state index contributed by atoms with van der Waals surface area (Å²) in [6.07, 6.45) is 1.53. The molecule has 0 spiro atoms. The molecule has 1 heterocycles. The van der Waals surface area contributed by atoms with Crippen LogP contribution in [0.2, 0.25) is 0 Å². The summed E-state index contributed by atoms with van der Waals surface area (Å²) < 4.78 is 0. The standard InChI is InChI=1S/C13H17NO/c1-9(2)10-4-6-12-11(8-10)5-7-13(15)14(12)3/h4,6,8-9H,5,7H2,1-3H3. The zero-order valence-electron chi connectivity index (χ0n) is 9.58. The van der Waals surface area contributed by atoms with E-state index in [9.17, 15) is 4.79 Å². The Labute approximate surface area is 90.9 Å². The molecule has 0 saturated carbocycles. The lowest BCUT2D eigenvalue weighted by molar-refractivity contribution is -0.118. The minimum atomic E-state index is 0.222. The van der Waals surface area contributed by atoms with Crippen LogP contribution in [-0.2, 0) is 11.2 Å². The molecular formula is C13H17NO. The van der Waals surface area contributed by atoms with Crippen molar-refractivity contribution in [2.75, 3.05) is 11.9 Å². The maximum Gasteiger partial charge on any atom is 0.227 e. The van der Waals surface area contributed by atoms with Crippen molar-refractivity contribution in [1.82, 2.24) is 0 Å². The second-order valence-corrected chi connectivity index (χ2v) is 4.50. The molecule has 1 aromatic carbocycles. The quantitative estimate of drug-likeness (QED) is 0.687. The fourth-order valence-electron chi connectivity index (χ4n) is 2.04. The van der Waals surface area contributed by atoms with Gasteiger partial charge in [-0.1, -0.05) is 26.0 Å². The minimum Gasteiger partial charge on any atom is -0.315 e. The predicted octanol–water partition coefficient (Wildman–Crippen LogP) is 2.72. The number of anilines is 1. The maximum atomic E-state index is 11.5. The highest BCUT2D eigenvalue weighted by Gasteiger charge is 2.20. The van der Waals surface area contributed by atoms with Crippen molar-refractivity contribution in [1.29, 1.82) is 0 Å². The van der Waals surface area contributed by atoms with Gasteiger partial charge in [0.15, 0.2) is 0 Å². The summed E-state index contributed by atoms with van der Waals surface area (Å²) in [5.41, 5.74) is 3.75. The number of carbonyl (C=O) groups is 1. The lowest BCUT2D eigenvalue weighted by Crippen LogP contribution is -2.31. The molecule has 0 bridgehead atoms. The van der Waals surface area contributed by atoms with Crippen LogP contribution in [-0.4, -0.2) is 13.0 Å². The van der Waals surface area contributed by atoms with Crippen LogP contribution in [0, 0.1) is 0 Å². The molecule has 1 aliphatic heterocycles. The first-order valence-corrected chi connectivity index (χ1v) is 5.49. The Balaban J connectivity index is 2.42. The van der Waals surface area contributed by atoms with Crippen LogP contribution in [0.5, 0.6) is 0 Å². The topological polar surface area (TPSA) is 20.3 Å². The predicted molar refractivity (Wildman–Crippen MR) is 62.3 cm³/mol. The number of hydrogen-bond donors (Lipinski definition) is 0. The van der Waals surface area contributed by atoms with Gasteiger partial charge in [0.2, 0.25) is 5.91 Å². The van der Waals surface area contributed by atoms with Gasteiger partial charge in [-0.3, -0.25) is 4.79 Å². The molecule has 0 atom stereocenters. The Morgan fingerprint density at radius 2 is 2.00 bits per heavy atom. The van der Waals surface area contributed by atoms with E-state index in [0.717, 1.165) is 12.1 Å². The first-order chi connectivity index (χ1) is 7.09. The van der Waals surface area contributed by atoms with Gasteiger partial charge in [-0.2, -0.15) is 0 Å². The summed E-state index contributed by atoms with van der Waals surface area (Å²) in [7, 11) is 1.86. The minimum absolute atomic E-state index is 0.222. The van der Waals surface area contributed by atoms with E-state index in [2.05, 4.69) is 32.0 Å². The van der Waals surface area contributed by atoms with E-state index in [1.165, 1.54) is 11.1 Å². The summed E-state index contributed by atoms with van der Waals surface area (Å²) in [6.45, 7) is 4.39. The van der Waals surface area contributed by atoms with Gasteiger partial charge in [0.1, 0.15) is 0 Å². The zero-order valence-corrected chi connectivity index (χ0v) is 9.58. The molecular weight excluding hydrogens is 186 g/mol. The number of carbonyl (C=O) groups excluding carboxylic acids is 1. The molecule has 1 aromatic rings. The lowest BCUT2D eigenvalue weighted by atomic mass is 9.95. The number of nitrogens with zero attached hydrogens (tertiary/aromatic N) is 1. The maximum absolute atomic E-state index is 11.5. The molecule has 0 saturated heterocycles. The van der Waals surface area contributed by atoms with Gasteiger partial charge in [-0.25, -0.2) is 0 Å². The van der Waals surface area contributed by atoms with Crippen molar-refractivity contribution in [3.05, 3.63) is 29.3 Å². The van der Waals surface area contributed by atoms with Gasteiger partial charge in [0.05, 0.1) is 0 Å². The molecule has 0 aliphatic carbocycles. The van der Waals surface area contributed by atoms with Crippen LogP contribution < -0.4 is 4.90 Å². The van der Waals surface area contributed by atoms with Crippen molar-refractivity contribution >= 4 is 11.6 Å². The van der Waals surface area contributed by atoms with Crippen molar-refractivity contribution in [2.45, 2.75) is 32.6 Å². The molecule has 0 radical (unpaired) electrons. The van der Waals surface area contributed by atoms with E-state index in [0.29, 0.717) is 12.3 Å². The largest absolute Gasteiger partial charge is 0.315 e. The second kappa shape index (κ2) is 3.69. The molecule has 2 rings (SSSR count). The van der Waals surface area contributed by atoms with E-state index in [-0.39, 0.29) is 5.91 Å². The van der Waals surface area contributed by atoms with Gasteiger partial charge in [-0.15, -0.1) is 0 Å². The molecule has 1 aliphatic rings. The number of hydrogen-bond acceptors (Lipinski definition) is 1. The van der Waals surface area contributed by atoms with Gasteiger partial charge in [0, 0.05) is 19.2 Å². The SMILES string of the molecule is CC(C)c1ccc2c(c1)CCC(=O)N2C. The first kappa shape index (κ1) is 10.2. The zero-order chi connectivity index (χ0) is 11.0. The average molecular weight is 203 g/mol. The van der Waals surface area contributed by atoms with Gasteiger partial charge < -0.3 is 4.90 Å². The summed E-state index contributed by atoms with van der Waals surface area (Å²) in [5, 5.41) is 0. The molecule has 1 amide bonds. The number of benzene rings is 1. The van der Waals surface area contributed by atoms with Crippen molar-refractivity contribution < 1.29 is 4.79 Å². The van der Waals surface area contributed by atoms with E-state index in [4.69, 9.17) is 0 Å². The van der Waals surface area contributed by atoms with Crippen molar-refractivity contribution in [2.24, 2.45) is 0 Å². The number of rotatable bonds is 1. The van der Waals surface area contributed by atoms with Gasteiger partial charge in [0.25, 0.3) is 0 Å². The molecule has 15 heavy (non-hydrogen) atoms. The molecule has 80 valence electrons. The molecule has 0 fully saturated rings. The van der Waals surface area contributed by atoms with Crippen molar-refractivity contribution in [3.8, 4) is 0 Å².